The summed E-state index contributed by atoms with van der Waals surface area (Å²) in [4.78, 5) is 0. The zero-order valence-corrected chi connectivity index (χ0v) is 48.0. The molecule has 2 unspecified atom stereocenters. The average Bonchev–Trinajstić information content (AvgIpc) is 3.33. The van der Waals surface area contributed by atoms with Crippen LogP contribution in [0.1, 0.15) is 67.7 Å². The zero-order valence-electron chi connectivity index (χ0n) is 42.9. The third kappa shape index (κ3) is 13.0. The van der Waals surface area contributed by atoms with Gasteiger partial charge < -0.3 is 36.3 Å². The van der Waals surface area contributed by atoms with Gasteiger partial charge in [0.05, 0.1) is 0 Å². The summed E-state index contributed by atoms with van der Waals surface area (Å²) in [6.07, 6.45) is 0. The van der Waals surface area contributed by atoms with E-state index in [2.05, 4.69) is 201 Å². The Labute approximate surface area is 462 Å². The molecule has 0 saturated carbocycles. The normalized spacial score (nSPS) is 11.8. The number of rotatable bonds is 10. The summed E-state index contributed by atoms with van der Waals surface area (Å²) in [6.45, 7) is 18.0. The predicted octanol–water partition coefficient (Wildman–Crippen LogP) is 8.04. The van der Waals surface area contributed by atoms with E-state index in [-0.39, 0.29) is 56.4 Å². The first kappa shape index (κ1) is 57.0. The Kier molecular flexibility index (Phi) is 19.7. The van der Waals surface area contributed by atoms with Gasteiger partial charge in [-0.25, -0.2) is 0 Å². The van der Waals surface area contributed by atoms with Crippen molar-refractivity contribution in [2.45, 2.75) is 67.5 Å². The molecule has 0 aromatic heterocycles. The fourth-order valence-electron chi connectivity index (χ4n) is 10.4. The van der Waals surface area contributed by atoms with Gasteiger partial charge in [-0.1, -0.05) is 251 Å². The van der Waals surface area contributed by atoms with E-state index >= 15 is 0 Å². The van der Waals surface area contributed by atoms with Gasteiger partial charge in [0.2, 0.25) is 0 Å². The van der Waals surface area contributed by atoms with Crippen molar-refractivity contribution in [1.29, 1.82) is 0 Å². The maximum atomic E-state index is 6.15. The molecule has 0 bridgehead atoms. The smallest absolute Gasteiger partial charge is 1.00 e. The Morgan fingerprint density at radius 1 is 0.301 bits per heavy atom. The van der Waals surface area contributed by atoms with Crippen molar-refractivity contribution < 1.29 is 44.3 Å². The Balaban J connectivity index is 0.000000391. The van der Waals surface area contributed by atoms with Gasteiger partial charge in [0.25, 0.3) is 0 Å². The van der Waals surface area contributed by atoms with Crippen LogP contribution in [0.25, 0.3) is 32.7 Å². The van der Waals surface area contributed by atoms with Crippen LogP contribution in [0, 0.1) is 55.4 Å². The first-order chi connectivity index (χ1) is 33.8. The molecule has 10 aromatic rings. The van der Waals surface area contributed by atoms with Crippen LogP contribution in [0.3, 0.4) is 0 Å². The van der Waals surface area contributed by atoms with Crippen molar-refractivity contribution in [1.82, 2.24) is 0 Å². The minimum absolute atomic E-state index is 0. The molecule has 0 fully saturated rings. The van der Waals surface area contributed by atoms with Crippen molar-refractivity contribution >= 4 is 69.2 Å². The van der Waals surface area contributed by atoms with E-state index in [0.717, 1.165) is 11.1 Å². The standard InChI is InChI=1S/C52H48P2.C14H16N2.2ClH.Ru/c1-33-21-34(2)26-43(25-33)53(44-27-35(3)22-36(4)28-44)49-19-17-41-13-9-11-15-47(41)51(49)52-48-16-12-10-14-42(48)18-20-50(52)54(45-29-37(5)23-38(6)30-45)46-31-39(7)24-40(8)32-46;15-13(11-7-3-1-4-8-11)14(16)12-9-5-2-6-10-12;;;/h9-32H,1-8H3;1-10,13-14H,15-16H2;2*1H;/q;;;;+2/p-2. The molecule has 7 heteroatoms. The molecule has 73 heavy (non-hydrogen) atoms. The minimum atomic E-state index is -0.937. The van der Waals surface area contributed by atoms with Gasteiger partial charge >= 0.3 is 19.5 Å². The zero-order chi connectivity index (χ0) is 49.1. The number of halogens is 2. The molecular formula is C66H64Cl2N2P2Ru. The molecule has 370 valence electrons. The molecular weight excluding hydrogens is 1050 g/mol. The maximum absolute atomic E-state index is 6.15. The largest absolute Gasteiger partial charge is 2.00 e. The van der Waals surface area contributed by atoms with E-state index < -0.39 is 15.8 Å². The van der Waals surface area contributed by atoms with E-state index in [1.54, 1.807) is 0 Å². The molecule has 0 aliphatic rings. The average molecular weight is 1120 g/mol. The van der Waals surface area contributed by atoms with Crippen molar-refractivity contribution in [2.24, 2.45) is 11.5 Å². The summed E-state index contributed by atoms with van der Waals surface area (Å²) in [5, 5.41) is 13.6. The molecule has 0 radical (unpaired) electrons. The molecule has 10 rings (SSSR count). The second-order valence-corrected chi connectivity index (χ2v) is 23.7. The van der Waals surface area contributed by atoms with Crippen LogP contribution in [-0.2, 0) is 19.5 Å². The van der Waals surface area contributed by atoms with Gasteiger partial charge in [0.15, 0.2) is 0 Å². The van der Waals surface area contributed by atoms with Crippen molar-refractivity contribution in [3.8, 4) is 11.1 Å². The van der Waals surface area contributed by atoms with Crippen LogP contribution >= 0.6 is 15.8 Å². The number of fused-ring (bicyclic) bond motifs is 2. The maximum Gasteiger partial charge on any atom is 2.00 e. The minimum Gasteiger partial charge on any atom is -1.00 e. The van der Waals surface area contributed by atoms with Crippen LogP contribution < -0.4 is 68.1 Å². The third-order valence-electron chi connectivity index (χ3n) is 13.2. The van der Waals surface area contributed by atoms with Gasteiger partial charge in [-0.15, -0.1) is 0 Å². The fourth-order valence-corrected chi connectivity index (χ4v) is 16.1. The summed E-state index contributed by atoms with van der Waals surface area (Å²) in [7, 11) is -1.87. The Morgan fingerprint density at radius 2 is 0.548 bits per heavy atom. The van der Waals surface area contributed by atoms with Crippen molar-refractivity contribution in [3.63, 3.8) is 0 Å². The van der Waals surface area contributed by atoms with Gasteiger partial charge in [-0.05, 0) is 147 Å². The summed E-state index contributed by atoms with van der Waals surface area (Å²) >= 11 is 0. The number of nitrogens with two attached hydrogens (primary N) is 2. The fraction of sp³-hybridized carbons (Fsp3) is 0.152. The van der Waals surface area contributed by atoms with Crippen molar-refractivity contribution in [3.05, 3.63) is 262 Å². The molecule has 0 spiro atoms. The van der Waals surface area contributed by atoms with Crippen LogP contribution in [0.5, 0.6) is 0 Å². The van der Waals surface area contributed by atoms with E-state index in [4.69, 9.17) is 11.5 Å². The molecule has 0 saturated heterocycles. The van der Waals surface area contributed by atoms with Gasteiger partial charge in [-0.3, -0.25) is 0 Å². The predicted molar refractivity (Wildman–Crippen MR) is 309 cm³/mol. The summed E-state index contributed by atoms with van der Waals surface area (Å²) in [6, 6.07) is 76.2. The number of hydrogen-bond donors (Lipinski definition) is 2. The molecule has 2 atom stereocenters. The van der Waals surface area contributed by atoms with Gasteiger partial charge in [0.1, 0.15) is 0 Å². The monoisotopic (exact) mass is 1120 g/mol. The quantitative estimate of drug-likeness (QED) is 0.108. The SMILES string of the molecule is Cc1cc(C)cc(P(c2cc(C)cc(C)c2)c2ccc3ccccc3c2-c2c(P(c3cc(C)cc(C)c3)c3cc(C)cc(C)c3)ccc3ccccc23)c1.NC(c1ccccc1)C(N)c1ccccc1.[Cl-].[Cl-].[Ru+2]. The topological polar surface area (TPSA) is 52.0 Å². The third-order valence-corrected chi connectivity index (χ3v) is 18.0. The second kappa shape index (κ2) is 25.3. The number of hydrogen-bond acceptors (Lipinski definition) is 2. The van der Waals surface area contributed by atoms with E-state index in [1.165, 1.54) is 109 Å². The van der Waals surface area contributed by atoms with Gasteiger partial charge in [0, 0.05) is 12.1 Å². The van der Waals surface area contributed by atoms with Crippen LogP contribution in [-0.4, -0.2) is 0 Å². The number of benzene rings is 10. The van der Waals surface area contributed by atoms with Gasteiger partial charge in [-0.2, -0.15) is 0 Å². The molecule has 0 heterocycles. The molecule has 0 aliphatic carbocycles. The van der Waals surface area contributed by atoms with Crippen LogP contribution in [0.2, 0.25) is 0 Å². The molecule has 4 N–H and O–H groups in total. The summed E-state index contributed by atoms with van der Waals surface area (Å²) < 4.78 is 0. The van der Waals surface area contributed by atoms with Crippen LogP contribution in [0.15, 0.2) is 206 Å². The summed E-state index contributed by atoms with van der Waals surface area (Å²) in [5.41, 5.74) is 27.6. The van der Waals surface area contributed by atoms with Crippen molar-refractivity contribution in [2.75, 3.05) is 0 Å². The Bertz CT molecular complexity index is 3070. The molecule has 2 nitrogen and oxygen atoms in total. The second-order valence-electron chi connectivity index (χ2n) is 19.3. The Morgan fingerprint density at radius 3 is 0.822 bits per heavy atom. The van der Waals surface area contributed by atoms with E-state index in [0.29, 0.717) is 0 Å². The Hall–Kier alpha value is -5.30. The van der Waals surface area contributed by atoms with E-state index in [9.17, 15) is 0 Å². The molecule has 10 aromatic carbocycles. The molecule has 0 amide bonds. The van der Waals surface area contributed by atoms with Crippen LogP contribution in [0.4, 0.5) is 0 Å². The number of aryl methyl sites for hydroxylation is 8. The first-order valence-electron chi connectivity index (χ1n) is 24.4. The first-order valence-corrected chi connectivity index (χ1v) is 27.1. The molecule has 0 aliphatic heterocycles. The van der Waals surface area contributed by atoms with E-state index in [1.807, 2.05) is 60.7 Å². The summed E-state index contributed by atoms with van der Waals surface area (Å²) in [5.74, 6) is 0.